The van der Waals surface area contributed by atoms with Crippen molar-refractivity contribution in [2.75, 3.05) is 13.1 Å². The zero-order valence-corrected chi connectivity index (χ0v) is 12.6. The van der Waals surface area contributed by atoms with Crippen molar-refractivity contribution in [1.29, 1.82) is 0 Å². The molecule has 0 aliphatic carbocycles. The van der Waals surface area contributed by atoms with Crippen LogP contribution in [0.4, 0.5) is 0 Å². The molecule has 0 amide bonds. The summed E-state index contributed by atoms with van der Waals surface area (Å²) in [6, 6.07) is 12.4. The second-order valence-electron chi connectivity index (χ2n) is 4.40. The fourth-order valence-corrected chi connectivity index (χ4v) is 3.64. The summed E-state index contributed by atoms with van der Waals surface area (Å²) in [5.74, 6) is 0. The van der Waals surface area contributed by atoms with Crippen LogP contribution in [0.25, 0.3) is 0 Å². The van der Waals surface area contributed by atoms with Crippen LogP contribution in [0.3, 0.4) is 0 Å². The van der Waals surface area contributed by atoms with Gasteiger partial charge in [0.25, 0.3) is 0 Å². The average Bonchev–Trinajstić information content (AvgIpc) is 2.36. The van der Waals surface area contributed by atoms with Crippen molar-refractivity contribution in [3.63, 3.8) is 0 Å². The molecular formula is C14H26N2Si. The molecule has 0 aliphatic heterocycles. The molecule has 2 nitrogen and oxygen atoms in total. The van der Waals surface area contributed by atoms with Gasteiger partial charge in [0.2, 0.25) is 0 Å². The van der Waals surface area contributed by atoms with Gasteiger partial charge in [0.15, 0.2) is 0 Å². The lowest BCUT2D eigenvalue weighted by atomic mass is 10.2. The highest BCUT2D eigenvalue weighted by molar-refractivity contribution is 6.53. The number of hydrogen-bond acceptors (Lipinski definition) is 2. The Morgan fingerprint density at radius 3 is 2.29 bits per heavy atom. The summed E-state index contributed by atoms with van der Waals surface area (Å²) in [5, 5.41) is 8.57. The predicted octanol–water partition coefficient (Wildman–Crippen LogP) is 1.22. The van der Waals surface area contributed by atoms with Crippen LogP contribution in [0.1, 0.15) is 26.7 Å². The van der Waals surface area contributed by atoms with E-state index in [-0.39, 0.29) is 9.52 Å². The van der Waals surface area contributed by atoms with Crippen molar-refractivity contribution in [1.82, 2.24) is 10.6 Å². The molecule has 0 unspecified atom stereocenters. The lowest BCUT2D eigenvalue weighted by Gasteiger charge is -2.18. The van der Waals surface area contributed by atoms with Crippen molar-refractivity contribution in [3.05, 3.63) is 30.3 Å². The van der Waals surface area contributed by atoms with E-state index >= 15 is 0 Å². The van der Waals surface area contributed by atoms with Crippen LogP contribution < -0.4 is 15.8 Å². The molecule has 0 aliphatic rings. The van der Waals surface area contributed by atoms with Gasteiger partial charge in [-0.2, -0.15) is 0 Å². The summed E-state index contributed by atoms with van der Waals surface area (Å²) in [5.41, 5.74) is 0. The van der Waals surface area contributed by atoms with Crippen molar-refractivity contribution >= 4 is 14.7 Å². The van der Waals surface area contributed by atoms with Gasteiger partial charge in [0.05, 0.1) is 15.7 Å². The van der Waals surface area contributed by atoms with E-state index in [2.05, 4.69) is 54.8 Å². The van der Waals surface area contributed by atoms with E-state index < -0.39 is 0 Å². The minimum atomic E-state index is -0.0378. The molecule has 1 rings (SSSR count). The molecule has 96 valence electrons. The Kier molecular flexibility index (Phi) is 7.97. The minimum absolute atomic E-state index is 0.0378. The second-order valence-corrected chi connectivity index (χ2v) is 6.42. The summed E-state index contributed by atoms with van der Waals surface area (Å²) < 4.78 is 0. The second kappa shape index (κ2) is 9.39. The minimum Gasteiger partial charge on any atom is -0.302 e. The number of nitrogens with one attached hydrogen (secondary N) is 2. The van der Waals surface area contributed by atoms with E-state index in [1.165, 1.54) is 18.9 Å². The molecular weight excluding hydrogens is 224 g/mol. The molecule has 0 saturated carbocycles. The van der Waals surface area contributed by atoms with Crippen LogP contribution in [0, 0.1) is 0 Å². The third-order valence-corrected chi connectivity index (χ3v) is 4.85. The Morgan fingerprint density at radius 1 is 1.06 bits per heavy atom. The van der Waals surface area contributed by atoms with Crippen molar-refractivity contribution in [2.45, 2.75) is 38.9 Å². The summed E-state index contributed by atoms with van der Waals surface area (Å²) in [6.07, 6.45) is 3.10. The number of hydrogen-bond donors (Lipinski definition) is 2. The standard InChI is InChI=1S/C14H26N2Si/c1-3-15-14(16-4-2)11-8-12-17-13-9-6-5-7-10-13/h5-7,9-10,14-16H,3-4,8,11-12,17H2,1-2H3. The van der Waals surface area contributed by atoms with Gasteiger partial charge in [-0.1, -0.05) is 61.8 Å². The largest absolute Gasteiger partial charge is 0.302 e. The van der Waals surface area contributed by atoms with E-state index in [1.807, 2.05) is 0 Å². The van der Waals surface area contributed by atoms with Crippen LogP contribution >= 0.6 is 0 Å². The van der Waals surface area contributed by atoms with Gasteiger partial charge < -0.3 is 10.6 Å². The van der Waals surface area contributed by atoms with Crippen molar-refractivity contribution in [2.24, 2.45) is 0 Å². The van der Waals surface area contributed by atoms with Crippen molar-refractivity contribution < 1.29 is 0 Å². The van der Waals surface area contributed by atoms with E-state index in [0.29, 0.717) is 6.17 Å². The molecule has 0 bridgehead atoms. The van der Waals surface area contributed by atoms with Gasteiger partial charge in [-0.05, 0) is 19.5 Å². The summed E-state index contributed by atoms with van der Waals surface area (Å²) in [6.45, 7) is 6.44. The van der Waals surface area contributed by atoms with Crippen LogP contribution in [-0.4, -0.2) is 28.8 Å². The summed E-state index contributed by atoms with van der Waals surface area (Å²) in [4.78, 5) is 0. The highest BCUT2D eigenvalue weighted by atomic mass is 28.2. The van der Waals surface area contributed by atoms with E-state index in [4.69, 9.17) is 0 Å². The highest BCUT2D eigenvalue weighted by Gasteiger charge is 2.04. The Balaban J connectivity index is 2.13. The van der Waals surface area contributed by atoms with Gasteiger partial charge in [0, 0.05) is 0 Å². The smallest absolute Gasteiger partial charge is 0.0571 e. The van der Waals surface area contributed by atoms with Gasteiger partial charge in [-0.25, -0.2) is 0 Å². The van der Waals surface area contributed by atoms with Crippen LogP contribution in [-0.2, 0) is 0 Å². The average molecular weight is 250 g/mol. The third kappa shape index (κ3) is 6.61. The SMILES string of the molecule is CCNC(CCC[SiH2]c1ccccc1)NCC. The molecule has 0 heterocycles. The Labute approximate surface area is 108 Å². The molecule has 0 fully saturated rings. The first-order valence-corrected chi connectivity index (χ1v) is 8.58. The first-order valence-electron chi connectivity index (χ1n) is 6.87. The van der Waals surface area contributed by atoms with E-state index in [9.17, 15) is 0 Å². The normalized spacial score (nSPS) is 11.7. The molecule has 17 heavy (non-hydrogen) atoms. The fourth-order valence-electron chi connectivity index (χ4n) is 2.09. The summed E-state index contributed by atoms with van der Waals surface area (Å²) in [7, 11) is -0.0378. The first kappa shape index (κ1) is 14.4. The van der Waals surface area contributed by atoms with E-state index in [1.54, 1.807) is 5.19 Å². The molecule has 0 radical (unpaired) electrons. The number of benzene rings is 1. The highest BCUT2D eigenvalue weighted by Crippen LogP contribution is 1.99. The zero-order valence-electron chi connectivity index (χ0n) is 11.2. The molecule has 1 aromatic rings. The zero-order chi connectivity index (χ0) is 12.3. The topological polar surface area (TPSA) is 24.1 Å². The lowest BCUT2D eigenvalue weighted by molar-refractivity contribution is 0.415. The maximum atomic E-state index is 3.49. The Morgan fingerprint density at radius 2 is 1.71 bits per heavy atom. The van der Waals surface area contributed by atoms with Crippen LogP contribution in [0.15, 0.2) is 30.3 Å². The maximum absolute atomic E-state index is 3.49. The first-order chi connectivity index (χ1) is 8.36. The molecule has 3 heteroatoms. The van der Waals surface area contributed by atoms with Crippen LogP contribution in [0.2, 0.25) is 6.04 Å². The molecule has 0 saturated heterocycles. The monoisotopic (exact) mass is 250 g/mol. The maximum Gasteiger partial charge on any atom is 0.0571 e. The summed E-state index contributed by atoms with van der Waals surface area (Å²) >= 11 is 0. The van der Waals surface area contributed by atoms with Crippen molar-refractivity contribution in [3.8, 4) is 0 Å². The number of rotatable bonds is 9. The van der Waals surface area contributed by atoms with Gasteiger partial charge in [-0.15, -0.1) is 0 Å². The van der Waals surface area contributed by atoms with Gasteiger partial charge in [0.1, 0.15) is 0 Å². The molecule has 0 spiro atoms. The Bertz CT molecular complexity index is 271. The van der Waals surface area contributed by atoms with Gasteiger partial charge >= 0.3 is 0 Å². The Hall–Kier alpha value is -0.643. The predicted molar refractivity (Wildman–Crippen MR) is 79.8 cm³/mol. The lowest BCUT2D eigenvalue weighted by Crippen LogP contribution is -2.42. The molecule has 0 atom stereocenters. The molecule has 1 aromatic carbocycles. The van der Waals surface area contributed by atoms with Gasteiger partial charge in [-0.3, -0.25) is 0 Å². The van der Waals surface area contributed by atoms with Crippen LogP contribution in [0.5, 0.6) is 0 Å². The fraction of sp³-hybridized carbons (Fsp3) is 0.571. The van der Waals surface area contributed by atoms with E-state index in [0.717, 1.165) is 13.1 Å². The molecule has 0 aromatic heterocycles. The molecule has 2 N–H and O–H groups in total. The third-order valence-electron chi connectivity index (χ3n) is 2.95. The quantitative estimate of drug-likeness (QED) is 0.391.